The summed E-state index contributed by atoms with van der Waals surface area (Å²) in [7, 11) is 1.81. The molecule has 1 fully saturated rings. The van der Waals surface area contributed by atoms with Gasteiger partial charge in [-0.25, -0.2) is 0 Å². The molecule has 2 N–H and O–H groups in total. The fourth-order valence-electron chi connectivity index (χ4n) is 3.28. The lowest BCUT2D eigenvalue weighted by atomic mass is 10.0. The van der Waals surface area contributed by atoms with Crippen molar-refractivity contribution in [3.8, 4) is 0 Å². The van der Waals surface area contributed by atoms with Crippen LogP contribution in [0.5, 0.6) is 0 Å². The standard InChI is InChI=1S/C20H31N3O2/c1-14(2)18(21)10-11-22(4)20(25)17-12-19(24)23(13-17)15(3)16-8-6-5-7-9-16/h5-9,14-15,17-18H,10-13,21H2,1-4H3. The van der Waals surface area contributed by atoms with Crippen LogP contribution in [0.2, 0.25) is 0 Å². The minimum absolute atomic E-state index is 0.00818. The Bertz CT molecular complexity index is 588. The predicted octanol–water partition coefficient (Wildman–Crippen LogP) is 2.43. The Morgan fingerprint density at radius 3 is 2.52 bits per heavy atom. The molecule has 5 nitrogen and oxygen atoms in total. The van der Waals surface area contributed by atoms with E-state index in [4.69, 9.17) is 5.73 Å². The zero-order valence-corrected chi connectivity index (χ0v) is 15.8. The molecule has 0 saturated carbocycles. The highest BCUT2D eigenvalue weighted by Gasteiger charge is 2.38. The van der Waals surface area contributed by atoms with E-state index in [1.807, 2.05) is 49.2 Å². The van der Waals surface area contributed by atoms with Crippen LogP contribution in [0, 0.1) is 11.8 Å². The molecule has 1 saturated heterocycles. The van der Waals surface area contributed by atoms with Crippen molar-refractivity contribution in [2.24, 2.45) is 17.6 Å². The van der Waals surface area contributed by atoms with Gasteiger partial charge in [0.25, 0.3) is 0 Å². The molecule has 0 radical (unpaired) electrons. The van der Waals surface area contributed by atoms with Gasteiger partial charge in [0.05, 0.1) is 12.0 Å². The fraction of sp³-hybridized carbons (Fsp3) is 0.600. The Balaban J connectivity index is 1.93. The zero-order chi connectivity index (χ0) is 18.6. The van der Waals surface area contributed by atoms with E-state index in [0.29, 0.717) is 25.4 Å². The molecule has 1 aliphatic heterocycles. The molecule has 0 spiro atoms. The summed E-state index contributed by atoms with van der Waals surface area (Å²) in [6.45, 7) is 7.33. The summed E-state index contributed by atoms with van der Waals surface area (Å²) in [5.74, 6) is 0.256. The van der Waals surface area contributed by atoms with Gasteiger partial charge in [-0.1, -0.05) is 44.2 Å². The normalized spacial score (nSPS) is 20.0. The number of nitrogens with zero attached hydrogens (tertiary/aromatic N) is 2. The van der Waals surface area contributed by atoms with Crippen molar-refractivity contribution in [1.29, 1.82) is 0 Å². The van der Waals surface area contributed by atoms with E-state index in [0.717, 1.165) is 12.0 Å². The molecule has 0 aromatic heterocycles. The highest BCUT2D eigenvalue weighted by molar-refractivity contribution is 5.89. The van der Waals surface area contributed by atoms with E-state index < -0.39 is 0 Å². The summed E-state index contributed by atoms with van der Waals surface area (Å²) in [5, 5.41) is 0. The average molecular weight is 345 g/mol. The molecule has 3 unspecified atom stereocenters. The number of carbonyl (C=O) groups excluding carboxylic acids is 2. The number of likely N-dealkylation sites (tertiary alicyclic amines) is 1. The van der Waals surface area contributed by atoms with E-state index >= 15 is 0 Å². The molecule has 138 valence electrons. The molecule has 5 heteroatoms. The van der Waals surface area contributed by atoms with E-state index in [1.54, 1.807) is 4.90 Å². The molecule has 1 aliphatic rings. The molecule has 25 heavy (non-hydrogen) atoms. The molecular weight excluding hydrogens is 314 g/mol. The minimum Gasteiger partial charge on any atom is -0.345 e. The average Bonchev–Trinajstić information content (AvgIpc) is 3.00. The number of hydrogen-bond donors (Lipinski definition) is 1. The quantitative estimate of drug-likeness (QED) is 0.825. The maximum atomic E-state index is 12.7. The van der Waals surface area contributed by atoms with Crippen LogP contribution in [0.15, 0.2) is 30.3 Å². The fourth-order valence-corrected chi connectivity index (χ4v) is 3.28. The molecule has 1 heterocycles. The number of hydrogen-bond acceptors (Lipinski definition) is 3. The lowest BCUT2D eigenvalue weighted by Gasteiger charge is -2.26. The monoisotopic (exact) mass is 345 g/mol. The van der Waals surface area contributed by atoms with Crippen LogP contribution in [-0.2, 0) is 9.59 Å². The van der Waals surface area contributed by atoms with Crippen LogP contribution < -0.4 is 5.73 Å². The van der Waals surface area contributed by atoms with Crippen LogP contribution in [0.3, 0.4) is 0 Å². The van der Waals surface area contributed by atoms with Crippen LogP contribution >= 0.6 is 0 Å². The second-order valence-corrected chi connectivity index (χ2v) is 7.49. The van der Waals surface area contributed by atoms with E-state index in [2.05, 4.69) is 13.8 Å². The van der Waals surface area contributed by atoms with Crippen LogP contribution in [0.1, 0.15) is 45.2 Å². The third-order valence-electron chi connectivity index (χ3n) is 5.29. The van der Waals surface area contributed by atoms with Crippen molar-refractivity contribution in [1.82, 2.24) is 9.80 Å². The molecule has 1 aromatic carbocycles. The second-order valence-electron chi connectivity index (χ2n) is 7.49. The van der Waals surface area contributed by atoms with Crippen LogP contribution in [-0.4, -0.2) is 47.8 Å². The lowest BCUT2D eigenvalue weighted by molar-refractivity contribution is -0.134. The van der Waals surface area contributed by atoms with Gasteiger partial charge in [-0.2, -0.15) is 0 Å². The maximum absolute atomic E-state index is 12.7. The highest BCUT2D eigenvalue weighted by Crippen LogP contribution is 2.29. The van der Waals surface area contributed by atoms with Crippen molar-refractivity contribution >= 4 is 11.8 Å². The summed E-state index contributed by atoms with van der Waals surface area (Å²) in [5.41, 5.74) is 7.16. The van der Waals surface area contributed by atoms with E-state index in [9.17, 15) is 9.59 Å². The summed E-state index contributed by atoms with van der Waals surface area (Å²) in [4.78, 5) is 28.7. The van der Waals surface area contributed by atoms with Gasteiger partial charge in [0.1, 0.15) is 0 Å². The Morgan fingerprint density at radius 2 is 1.92 bits per heavy atom. The SMILES string of the molecule is CC(C)C(N)CCN(C)C(=O)C1CC(=O)N(C(C)c2ccccc2)C1. The minimum atomic E-state index is -0.251. The van der Waals surface area contributed by atoms with Gasteiger partial charge in [0.2, 0.25) is 11.8 Å². The number of amides is 2. The van der Waals surface area contributed by atoms with Crippen molar-refractivity contribution in [2.75, 3.05) is 20.1 Å². The number of carbonyl (C=O) groups is 2. The first-order valence-corrected chi connectivity index (χ1v) is 9.16. The zero-order valence-electron chi connectivity index (χ0n) is 15.8. The first-order valence-electron chi connectivity index (χ1n) is 9.16. The summed E-state index contributed by atoms with van der Waals surface area (Å²) in [6.07, 6.45) is 1.08. The highest BCUT2D eigenvalue weighted by atomic mass is 16.2. The predicted molar refractivity (Wildman–Crippen MR) is 99.7 cm³/mol. The topological polar surface area (TPSA) is 66.6 Å². The molecule has 1 aromatic rings. The number of benzene rings is 1. The molecule has 2 amide bonds. The maximum Gasteiger partial charge on any atom is 0.227 e. The van der Waals surface area contributed by atoms with Gasteiger partial charge in [-0.15, -0.1) is 0 Å². The van der Waals surface area contributed by atoms with Crippen molar-refractivity contribution < 1.29 is 9.59 Å². The van der Waals surface area contributed by atoms with Gasteiger partial charge in [-0.05, 0) is 24.8 Å². The van der Waals surface area contributed by atoms with Crippen molar-refractivity contribution in [3.63, 3.8) is 0 Å². The Kier molecular flexibility index (Phi) is 6.59. The van der Waals surface area contributed by atoms with E-state index in [-0.39, 0.29) is 29.8 Å². The van der Waals surface area contributed by atoms with Crippen LogP contribution in [0.25, 0.3) is 0 Å². The molecule has 3 atom stereocenters. The third-order valence-corrected chi connectivity index (χ3v) is 5.29. The Morgan fingerprint density at radius 1 is 1.28 bits per heavy atom. The molecule has 0 bridgehead atoms. The molecule has 0 aliphatic carbocycles. The number of rotatable bonds is 7. The summed E-state index contributed by atoms with van der Waals surface area (Å²) >= 11 is 0. The van der Waals surface area contributed by atoms with Gasteiger partial charge in [0, 0.05) is 32.6 Å². The van der Waals surface area contributed by atoms with Gasteiger partial charge >= 0.3 is 0 Å². The van der Waals surface area contributed by atoms with Gasteiger partial charge < -0.3 is 15.5 Å². The van der Waals surface area contributed by atoms with Crippen LogP contribution in [0.4, 0.5) is 0 Å². The Labute approximate surface area is 151 Å². The second kappa shape index (κ2) is 8.48. The summed E-state index contributed by atoms with van der Waals surface area (Å²) in [6, 6.07) is 10.0. The first kappa shape index (κ1) is 19.4. The lowest BCUT2D eigenvalue weighted by Crippen LogP contribution is -2.38. The smallest absolute Gasteiger partial charge is 0.227 e. The van der Waals surface area contributed by atoms with Gasteiger partial charge in [0.15, 0.2) is 0 Å². The third kappa shape index (κ3) is 4.82. The summed E-state index contributed by atoms with van der Waals surface area (Å²) < 4.78 is 0. The van der Waals surface area contributed by atoms with E-state index in [1.165, 1.54) is 0 Å². The van der Waals surface area contributed by atoms with Crippen molar-refractivity contribution in [2.45, 2.75) is 45.7 Å². The Hall–Kier alpha value is -1.88. The molecular formula is C20H31N3O2. The van der Waals surface area contributed by atoms with Gasteiger partial charge in [-0.3, -0.25) is 9.59 Å². The first-order chi connectivity index (χ1) is 11.8. The number of nitrogens with two attached hydrogens (primary N) is 1. The largest absolute Gasteiger partial charge is 0.345 e. The molecule has 2 rings (SSSR count). The van der Waals surface area contributed by atoms with Crippen molar-refractivity contribution in [3.05, 3.63) is 35.9 Å².